The summed E-state index contributed by atoms with van der Waals surface area (Å²) < 4.78 is 5.36. The van der Waals surface area contributed by atoms with E-state index in [2.05, 4.69) is 10.4 Å². The predicted molar refractivity (Wildman–Crippen MR) is 75.2 cm³/mol. The van der Waals surface area contributed by atoms with Gasteiger partial charge in [0.2, 0.25) is 0 Å². The van der Waals surface area contributed by atoms with Crippen LogP contribution in [-0.4, -0.2) is 9.91 Å². The lowest BCUT2D eigenvalue weighted by Gasteiger charge is -2.07. The van der Waals surface area contributed by atoms with E-state index >= 15 is 0 Å². The average molecular weight is 315 g/mol. The molecule has 104 valence electrons. The van der Waals surface area contributed by atoms with E-state index < -0.39 is 4.92 Å². The van der Waals surface area contributed by atoms with Crippen molar-refractivity contribution in [3.05, 3.63) is 50.5 Å². The lowest BCUT2D eigenvalue weighted by Crippen LogP contribution is -2.09. The van der Waals surface area contributed by atoms with Gasteiger partial charge in [0.05, 0.1) is 4.92 Å². The summed E-state index contributed by atoms with van der Waals surface area (Å²) in [6.07, 6.45) is 0. The van der Waals surface area contributed by atoms with Crippen LogP contribution in [0.3, 0.4) is 0 Å². The summed E-state index contributed by atoms with van der Waals surface area (Å²) in [5.74, 6) is 5.44. The molecule has 3 N–H and O–H groups in total. The number of hydrazine groups is 1. The standard InChI is InChI=1S/C11H8Cl2N4O3/c12-6-3-7(13)5-8(4-6)20-11-9(17(18)19)1-2-10(15-11)16-14/h1-5H,14H2,(H,15,16). The second-order valence-electron chi connectivity index (χ2n) is 3.63. The van der Waals surface area contributed by atoms with Crippen LogP contribution < -0.4 is 16.0 Å². The molecule has 0 aliphatic rings. The first-order valence-corrected chi connectivity index (χ1v) is 6.01. The minimum atomic E-state index is -0.616. The van der Waals surface area contributed by atoms with Crippen molar-refractivity contribution in [3.8, 4) is 11.6 Å². The Morgan fingerprint density at radius 3 is 2.45 bits per heavy atom. The number of hydrogen-bond donors (Lipinski definition) is 2. The molecule has 0 saturated carbocycles. The molecule has 1 aromatic carbocycles. The number of benzene rings is 1. The summed E-state index contributed by atoms with van der Waals surface area (Å²) in [5, 5.41) is 11.6. The maximum absolute atomic E-state index is 10.9. The Morgan fingerprint density at radius 2 is 1.90 bits per heavy atom. The van der Waals surface area contributed by atoms with Crippen molar-refractivity contribution in [1.29, 1.82) is 0 Å². The molecule has 0 unspecified atom stereocenters. The molecule has 0 amide bonds. The molecule has 1 aromatic heterocycles. The van der Waals surface area contributed by atoms with E-state index in [4.69, 9.17) is 33.8 Å². The van der Waals surface area contributed by atoms with Crippen molar-refractivity contribution >= 4 is 34.7 Å². The second-order valence-corrected chi connectivity index (χ2v) is 4.50. The molecule has 0 fully saturated rings. The van der Waals surface area contributed by atoms with Crippen LogP contribution in [0.15, 0.2) is 30.3 Å². The minimum Gasteiger partial charge on any atom is -0.434 e. The first kappa shape index (κ1) is 14.3. The monoisotopic (exact) mass is 314 g/mol. The molecule has 0 aliphatic heterocycles. The lowest BCUT2D eigenvalue weighted by atomic mass is 10.3. The van der Waals surface area contributed by atoms with Gasteiger partial charge in [0, 0.05) is 16.1 Å². The van der Waals surface area contributed by atoms with Gasteiger partial charge in [-0.2, -0.15) is 4.98 Å². The molecule has 0 atom stereocenters. The SMILES string of the molecule is NNc1ccc([N+](=O)[O-])c(Oc2cc(Cl)cc(Cl)c2)n1. The number of hydrogen-bond acceptors (Lipinski definition) is 6. The number of halogens is 2. The third kappa shape index (κ3) is 3.27. The maximum atomic E-state index is 10.9. The molecule has 9 heteroatoms. The van der Waals surface area contributed by atoms with Gasteiger partial charge in [-0.3, -0.25) is 10.1 Å². The fourth-order valence-corrected chi connectivity index (χ4v) is 1.93. The molecule has 0 bridgehead atoms. The highest BCUT2D eigenvalue weighted by molar-refractivity contribution is 6.34. The molecule has 0 radical (unpaired) electrons. The topological polar surface area (TPSA) is 103 Å². The van der Waals surface area contributed by atoms with Crippen LogP contribution >= 0.6 is 23.2 Å². The zero-order valence-corrected chi connectivity index (χ0v) is 11.4. The van der Waals surface area contributed by atoms with E-state index in [9.17, 15) is 10.1 Å². The molecule has 7 nitrogen and oxygen atoms in total. The fraction of sp³-hybridized carbons (Fsp3) is 0. The van der Waals surface area contributed by atoms with E-state index in [1.165, 1.54) is 30.3 Å². The van der Waals surface area contributed by atoms with Crippen molar-refractivity contribution in [3.63, 3.8) is 0 Å². The van der Waals surface area contributed by atoms with Crippen molar-refractivity contribution in [2.24, 2.45) is 5.84 Å². The normalized spacial score (nSPS) is 10.2. The molecular formula is C11H8Cl2N4O3. The molecule has 0 aliphatic carbocycles. The largest absolute Gasteiger partial charge is 0.434 e. The van der Waals surface area contributed by atoms with Gasteiger partial charge in [-0.25, -0.2) is 5.84 Å². The number of nitro groups is 1. The van der Waals surface area contributed by atoms with Crippen LogP contribution in [0.5, 0.6) is 11.6 Å². The summed E-state index contributed by atoms with van der Waals surface area (Å²) in [7, 11) is 0. The summed E-state index contributed by atoms with van der Waals surface area (Å²) in [6.45, 7) is 0. The number of rotatable bonds is 4. The van der Waals surface area contributed by atoms with E-state index in [0.29, 0.717) is 10.0 Å². The molecular weight excluding hydrogens is 307 g/mol. The van der Waals surface area contributed by atoms with Crippen molar-refractivity contribution in [2.75, 3.05) is 5.43 Å². The first-order chi connectivity index (χ1) is 9.49. The number of nitrogens with zero attached hydrogens (tertiary/aromatic N) is 2. The van der Waals surface area contributed by atoms with Gasteiger partial charge in [0.1, 0.15) is 11.6 Å². The highest BCUT2D eigenvalue weighted by Crippen LogP contribution is 2.33. The van der Waals surface area contributed by atoms with Crippen LogP contribution in [0.4, 0.5) is 11.5 Å². The predicted octanol–water partition coefficient (Wildman–Crippen LogP) is 3.37. The van der Waals surface area contributed by atoms with Gasteiger partial charge in [0.15, 0.2) is 0 Å². The number of nitrogen functional groups attached to an aromatic ring is 1. The average Bonchev–Trinajstić information content (AvgIpc) is 2.37. The first-order valence-electron chi connectivity index (χ1n) is 5.25. The molecule has 2 rings (SSSR count). The second kappa shape index (κ2) is 5.91. The minimum absolute atomic E-state index is 0.219. The van der Waals surface area contributed by atoms with Crippen molar-refractivity contribution < 1.29 is 9.66 Å². The molecule has 2 aromatic rings. The van der Waals surface area contributed by atoms with Gasteiger partial charge in [0.25, 0.3) is 0 Å². The Hall–Kier alpha value is -2.09. The van der Waals surface area contributed by atoms with E-state index in [1.807, 2.05) is 0 Å². The fourth-order valence-electron chi connectivity index (χ4n) is 1.43. The third-order valence-electron chi connectivity index (χ3n) is 2.24. The number of pyridine rings is 1. The highest BCUT2D eigenvalue weighted by Gasteiger charge is 2.18. The Morgan fingerprint density at radius 1 is 1.25 bits per heavy atom. The van der Waals surface area contributed by atoms with Crippen LogP contribution in [0.25, 0.3) is 0 Å². The summed E-state index contributed by atoms with van der Waals surface area (Å²) in [4.78, 5) is 14.2. The van der Waals surface area contributed by atoms with Gasteiger partial charge < -0.3 is 10.2 Å². The Labute approximate surface area is 123 Å². The Bertz CT molecular complexity index is 646. The zero-order valence-electron chi connectivity index (χ0n) is 9.84. The van der Waals surface area contributed by atoms with E-state index in [1.54, 1.807) is 0 Å². The van der Waals surface area contributed by atoms with Crippen LogP contribution in [-0.2, 0) is 0 Å². The van der Waals surface area contributed by atoms with E-state index in [0.717, 1.165) is 0 Å². The van der Waals surface area contributed by atoms with Crippen molar-refractivity contribution in [2.45, 2.75) is 0 Å². The highest BCUT2D eigenvalue weighted by atomic mass is 35.5. The third-order valence-corrected chi connectivity index (χ3v) is 2.67. The van der Waals surface area contributed by atoms with Gasteiger partial charge >= 0.3 is 11.6 Å². The van der Waals surface area contributed by atoms with Crippen LogP contribution in [0, 0.1) is 10.1 Å². The van der Waals surface area contributed by atoms with Gasteiger partial charge in [-0.1, -0.05) is 23.2 Å². The summed E-state index contributed by atoms with van der Waals surface area (Å²) >= 11 is 11.7. The summed E-state index contributed by atoms with van der Waals surface area (Å²) in [6, 6.07) is 7.01. The number of nitrogens with one attached hydrogen (secondary N) is 1. The molecule has 0 saturated heterocycles. The summed E-state index contributed by atoms with van der Waals surface area (Å²) in [5.41, 5.74) is 1.97. The molecule has 20 heavy (non-hydrogen) atoms. The maximum Gasteiger partial charge on any atom is 0.331 e. The van der Waals surface area contributed by atoms with Gasteiger partial charge in [-0.05, 0) is 24.3 Å². The van der Waals surface area contributed by atoms with Crippen LogP contribution in [0.2, 0.25) is 10.0 Å². The lowest BCUT2D eigenvalue weighted by molar-refractivity contribution is -0.386. The van der Waals surface area contributed by atoms with Crippen LogP contribution in [0.1, 0.15) is 0 Å². The smallest absolute Gasteiger partial charge is 0.331 e. The Kier molecular flexibility index (Phi) is 4.23. The molecule has 0 spiro atoms. The number of nitrogens with two attached hydrogens (primary N) is 1. The molecule has 1 heterocycles. The quantitative estimate of drug-likeness (QED) is 0.509. The zero-order chi connectivity index (χ0) is 14.7. The Balaban J connectivity index is 2.42. The van der Waals surface area contributed by atoms with E-state index in [-0.39, 0.29) is 23.1 Å². The van der Waals surface area contributed by atoms with Gasteiger partial charge in [-0.15, -0.1) is 0 Å². The number of aromatic nitrogens is 1. The number of ether oxygens (including phenoxy) is 1. The van der Waals surface area contributed by atoms with Crippen molar-refractivity contribution in [1.82, 2.24) is 4.98 Å². The number of anilines is 1.